The van der Waals surface area contributed by atoms with Gasteiger partial charge in [0.1, 0.15) is 22.7 Å². The summed E-state index contributed by atoms with van der Waals surface area (Å²) in [6.07, 6.45) is 2.10. The van der Waals surface area contributed by atoms with Gasteiger partial charge >= 0.3 is 0 Å². The largest absolute Gasteiger partial charge is 0.496 e. The molecule has 1 N–H and O–H groups in total. The van der Waals surface area contributed by atoms with Gasteiger partial charge in [-0.15, -0.1) is 0 Å². The molecule has 0 atom stereocenters. The number of ether oxygens (including phenoxy) is 2. The van der Waals surface area contributed by atoms with Gasteiger partial charge in [-0.3, -0.25) is 4.79 Å². The second-order valence-electron chi connectivity index (χ2n) is 5.12. The number of nitrogens with one attached hydrogen (secondary N) is 1. The SMILES string of the molecule is COc1cc(Cl)cc2c1C(=O)CC1(CCNCC1)O2. The molecule has 5 heteroatoms. The standard InChI is InChI=1S/C14H16ClNO3/c1-18-11-6-9(15)7-12-13(11)10(17)8-14(19-12)2-4-16-5-3-14/h6-7,16H,2-5,8H2,1H3. The molecule has 0 unspecified atom stereocenters. The summed E-state index contributed by atoms with van der Waals surface area (Å²) in [5.74, 6) is 1.13. The van der Waals surface area contributed by atoms with Crippen LogP contribution in [0, 0.1) is 0 Å². The van der Waals surface area contributed by atoms with Crippen molar-refractivity contribution in [1.82, 2.24) is 5.32 Å². The highest BCUT2D eigenvalue weighted by molar-refractivity contribution is 6.31. The highest BCUT2D eigenvalue weighted by Gasteiger charge is 2.42. The third-order valence-corrected chi connectivity index (χ3v) is 4.07. The molecular weight excluding hydrogens is 266 g/mol. The third kappa shape index (κ3) is 2.19. The fourth-order valence-corrected chi connectivity index (χ4v) is 3.08. The number of methoxy groups -OCH3 is 1. The van der Waals surface area contributed by atoms with Crippen molar-refractivity contribution < 1.29 is 14.3 Å². The summed E-state index contributed by atoms with van der Waals surface area (Å²) in [5.41, 5.74) is 0.154. The van der Waals surface area contributed by atoms with Crippen LogP contribution >= 0.6 is 11.6 Å². The van der Waals surface area contributed by atoms with Gasteiger partial charge in [-0.2, -0.15) is 0 Å². The highest BCUT2D eigenvalue weighted by Crippen LogP contribution is 2.43. The Labute approximate surface area is 117 Å². The molecule has 2 aliphatic rings. The van der Waals surface area contributed by atoms with Crippen molar-refractivity contribution in [3.8, 4) is 11.5 Å². The van der Waals surface area contributed by atoms with Gasteiger partial charge in [0, 0.05) is 17.9 Å². The van der Waals surface area contributed by atoms with E-state index in [9.17, 15) is 4.79 Å². The number of ketones is 1. The number of benzene rings is 1. The van der Waals surface area contributed by atoms with E-state index in [1.807, 2.05) is 0 Å². The summed E-state index contributed by atoms with van der Waals surface area (Å²) < 4.78 is 11.4. The van der Waals surface area contributed by atoms with Gasteiger partial charge in [0.25, 0.3) is 0 Å². The van der Waals surface area contributed by atoms with Crippen LogP contribution in [0.1, 0.15) is 29.6 Å². The number of Topliss-reactive ketones (excluding diaryl/α,β-unsaturated/α-hetero) is 1. The molecular formula is C14H16ClNO3. The second-order valence-corrected chi connectivity index (χ2v) is 5.55. The van der Waals surface area contributed by atoms with Gasteiger partial charge in [-0.1, -0.05) is 11.6 Å². The molecule has 0 aromatic heterocycles. The average molecular weight is 282 g/mol. The first kappa shape index (κ1) is 12.8. The van der Waals surface area contributed by atoms with Gasteiger partial charge in [0.05, 0.1) is 13.5 Å². The van der Waals surface area contributed by atoms with Crippen molar-refractivity contribution >= 4 is 17.4 Å². The number of piperidine rings is 1. The fraction of sp³-hybridized carbons (Fsp3) is 0.500. The van der Waals surface area contributed by atoms with Crippen molar-refractivity contribution in [3.63, 3.8) is 0 Å². The zero-order valence-corrected chi connectivity index (χ0v) is 11.5. The monoisotopic (exact) mass is 281 g/mol. The number of hydrogen-bond acceptors (Lipinski definition) is 4. The van der Waals surface area contributed by atoms with Crippen molar-refractivity contribution in [1.29, 1.82) is 0 Å². The third-order valence-electron chi connectivity index (χ3n) is 3.85. The van der Waals surface area contributed by atoms with Crippen molar-refractivity contribution in [2.75, 3.05) is 20.2 Å². The molecule has 0 saturated carbocycles. The molecule has 1 saturated heterocycles. The highest BCUT2D eigenvalue weighted by atomic mass is 35.5. The van der Waals surface area contributed by atoms with E-state index in [0.717, 1.165) is 25.9 Å². The van der Waals surface area contributed by atoms with Crippen LogP contribution in [-0.2, 0) is 0 Å². The lowest BCUT2D eigenvalue weighted by atomic mass is 9.83. The van der Waals surface area contributed by atoms with Crippen molar-refractivity contribution in [2.45, 2.75) is 24.9 Å². The summed E-state index contributed by atoms with van der Waals surface area (Å²) in [7, 11) is 1.54. The summed E-state index contributed by atoms with van der Waals surface area (Å²) >= 11 is 6.05. The van der Waals surface area contributed by atoms with E-state index >= 15 is 0 Å². The minimum Gasteiger partial charge on any atom is -0.496 e. The van der Waals surface area contributed by atoms with Crippen LogP contribution in [0.25, 0.3) is 0 Å². The first-order chi connectivity index (χ1) is 9.13. The predicted octanol–water partition coefficient (Wildman–Crippen LogP) is 2.44. The van der Waals surface area contributed by atoms with Crippen molar-refractivity contribution in [3.05, 3.63) is 22.7 Å². The molecule has 102 valence electrons. The maximum atomic E-state index is 12.4. The molecule has 0 radical (unpaired) electrons. The normalized spacial score (nSPS) is 20.8. The van der Waals surface area contributed by atoms with Crippen LogP contribution in [0.15, 0.2) is 12.1 Å². The smallest absolute Gasteiger partial charge is 0.174 e. The average Bonchev–Trinajstić information content (AvgIpc) is 2.37. The van der Waals surface area contributed by atoms with E-state index in [1.165, 1.54) is 7.11 Å². The minimum absolute atomic E-state index is 0.0802. The molecule has 0 bridgehead atoms. The van der Waals surface area contributed by atoms with E-state index in [1.54, 1.807) is 12.1 Å². The Balaban J connectivity index is 2.04. The molecule has 2 aliphatic heterocycles. The summed E-state index contributed by atoms with van der Waals surface area (Å²) in [5, 5.41) is 3.81. The Morgan fingerprint density at radius 3 is 2.79 bits per heavy atom. The number of fused-ring (bicyclic) bond motifs is 1. The number of hydrogen-bond donors (Lipinski definition) is 1. The lowest BCUT2D eigenvalue weighted by Gasteiger charge is -2.41. The predicted molar refractivity (Wildman–Crippen MR) is 72.4 cm³/mol. The van der Waals surface area contributed by atoms with Crippen molar-refractivity contribution in [2.24, 2.45) is 0 Å². The van der Waals surface area contributed by atoms with E-state index < -0.39 is 0 Å². The maximum Gasteiger partial charge on any atom is 0.174 e. The Kier molecular flexibility index (Phi) is 3.15. The van der Waals surface area contributed by atoms with Crippen LogP contribution < -0.4 is 14.8 Å². The minimum atomic E-state index is -0.370. The number of halogens is 1. The van der Waals surface area contributed by atoms with E-state index in [-0.39, 0.29) is 11.4 Å². The zero-order valence-electron chi connectivity index (χ0n) is 10.8. The first-order valence-electron chi connectivity index (χ1n) is 6.44. The summed E-state index contributed by atoms with van der Waals surface area (Å²) in [6, 6.07) is 3.36. The molecule has 2 heterocycles. The fourth-order valence-electron chi connectivity index (χ4n) is 2.89. The van der Waals surface area contributed by atoms with Gasteiger partial charge in [-0.05, 0) is 25.2 Å². The summed E-state index contributed by atoms with van der Waals surface area (Å²) in [6.45, 7) is 1.75. The van der Waals surface area contributed by atoms with Gasteiger partial charge in [-0.25, -0.2) is 0 Å². The van der Waals surface area contributed by atoms with Crippen LogP contribution in [0.4, 0.5) is 0 Å². The Hall–Kier alpha value is -1.26. The summed E-state index contributed by atoms with van der Waals surface area (Å²) in [4.78, 5) is 12.4. The molecule has 1 fully saturated rings. The lowest BCUT2D eigenvalue weighted by molar-refractivity contribution is 0.0183. The molecule has 19 heavy (non-hydrogen) atoms. The van der Waals surface area contributed by atoms with Crippen LogP contribution in [0.2, 0.25) is 5.02 Å². The molecule has 1 spiro atoms. The molecule has 1 aromatic carbocycles. The number of carbonyl (C=O) groups excluding carboxylic acids is 1. The van der Waals surface area contributed by atoms with E-state index in [2.05, 4.69) is 5.32 Å². The van der Waals surface area contributed by atoms with Crippen LogP contribution in [0.5, 0.6) is 11.5 Å². The molecule has 0 amide bonds. The Morgan fingerprint density at radius 2 is 2.11 bits per heavy atom. The lowest BCUT2D eigenvalue weighted by Crippen LogP contribution is -2.49. The van der Waals surface area contributed by atoms with Gasteiger partial charge < -0.3 is 14.8 Å². The molecule has 4 nitrogen and oxygen atoms in total. The van der Waals surface area contributed by atoms with E-state index in [0.29, 0.717) is 28.5 Å². The van der Waals surface area contributed by atoms with Gasteiger partial charge in [0.2, 0.25) is 0 Å². The van der Waals surface area contributed by atoms with Crippen LogP contribution in [0.3, 0.4) is 0 Å². The second kappa shape index (κ2) is 4.69. The Bertz CT molecular complexity index is 524. The molecule has 0 aliphatic carbocycles. The quantitative estimate of drug-likeness (QED) is 0.859. The van der Waals surface area contributed by atoms with Crippen LogP contribution in [-0.4, -0.2) is 31.6 Å². The topological polar surface area (TPSA) is 47.6 Å². The first-order valence-corrected chi connectivity index (χ1v) is 6.82. The maximum absolute atomic E-state index is 12.4. The molecule has 1 aromatic rings. The number of rotatable bonds is 1. The Morgan fingerprint density at radius 1 is 1.37 bits per heavy atom. The number of carbonyl (C=O) groups is 1. The molecule has 3 rings (SSSR count). The van der Waals surface area contributed by atoms with E-state index in [4.69, 9.17) is 21.1 Å². The van der Waals surface area contributed by atoms with Gasteiger partial charge in [0.15, 0.2) is 5.78 Å². The zero-order chi connectivity index (χ0) is 13.5.